The molecule has 0 saturated heterocycles. The van der Waals surface area contributed by atoms with Gasteiger partial charge in [-0.05, 0) is 42.2 Å². The van der Waals surface area contributed by atoms with E-state index >= 15 is 0 Å². The van der Waals surface area contributed by atoms with Crippen molar-refractivity contribution >= 4 is 37.4 Å². The number of halogens is 2. The van der Waals surface area contributed by atoms with Crippen molar-refractivity contribution in [1.82, 2.24) is 0 Å². The van der Waals surface area contributed by atoms with Crippen LogP contribution in [0.2, 0.25) is 0 Å². The van der Waals surface area contributed by atoms with Crippen molar-refractivity contribution in [3.63, 3.8) is 0 Å². The second-order valence-corrected chi connectivity index (χ2v) is 5.14. The fourth-order valence-electron chi connectivity index (χ4n) is 1.58. The zero-order valence-corrected chi connectivity index (χ0v) is 10.8. The van der Waals surface area contributed by atoms with Gasteiger partial charge in [-0.2, -0.15) is 0 Å². The summed E-state index contributed by atoms with van der Waals surface area (Å²) in [5.41, 5.74) is 2.71. The topological polar surface area (TPSA) is 0 Å². The van der Waals surface area contributed by atoms with E-state index in [0.717, 1.165) is 17.3 Å². The summed E-state index contributed by atoms with van der Waals surface area (Å²) in [4.78, 5) is 0. The zero-order valence-electron chi connectivity index (χ0n) is 7.63. The predicted octanol–water partition coefficient (Wildman–Crippen LogP) is 4.91. The molecule has 0 aliphatic heterocycles. The molecule has 1 aliphatic rings. The van der Waals surface area contributed by atoms with Gasteiger partial charge < -0.3 is 0 Å². The largest absolute Gasteiger partial charge is 0.0699 e. The SMILES string of the molecule is BrC1=CCCC(c2cccc(Br)c2)=C1. The Morgan fingerprint density at radius 3 is 2.71 bits per heavy atom. The van der Waals surface area contributed by atoms with Crippen LogP contribution < -0.4 is 0 Å². The van der Waals surface area contributed by atoms with E-state index in [1.807, 2.05) is 0 Å². The minimum atomic E-state index is 1.12. The maximum absolute atomic E-state index is 3.52. The molecule has 1 aliphatic carbocycles. The fourth-order valence-corrected chi connectivity index (χ4v) is 2.48. The molecule has 0 N–H and O–H groups in total. The molecule has 0 atom stereocenters. The first kappa shape index (κ1) is 10.2. The maximum Gasteiger partial charge on any atom is 0.0181 e. The third-order valence-electron chi connectivity index (χ3n) is 2.26. The first-order chi connectivity index (χ1) is 6.75. The Hall–Kier alpha value is -0.340. The number of benzene rings is 1. The van der Waals surface area contributed by atoms with Gasteiger partial charge in [0, 0.05) is 8.96 Å². The summed E-state index contributed by atoms with van der Waals surface area (Å²) in [7, 11) is 0. The van der Waals surface area contributed by atoms with E-state index in [0.29, 0.717) is 0 Å². The lowest BCUT2D eigenvalue weighted by Gasteiger charge is -2.11. The Labute approximate surface area is 101 Å². The highest BCUT2D eigenvalue weighted by Crippen LogP contribution is 2.29. The van der Waals surface area contributed by atoms with Crippen molar-refractivity contribution in [2.24, 2.45) is 0 Å². The summed E-state index contributed by atoms with van der Waals surface area (Å²) < 4.78 is 2.33. The van der Waals surface area contributed by atoms with Crippen LogP contribution >= 0.6 is 31.9 Å². The van der Waals surface area contributed by atoms with Gasteiger partial charge >= 0.3 is 0 Å². The van der Waals surface area contributed by atoms with E-state index in [1.165, 1.54) is 15.6 Å². The molecule has 0 saturated carbocycles. The molecule has 14 heavy (non-hydrogen) atoms. The molecule has 0 fully saturated rings. The van der Waals surface area contributed by atoms with Crippen molar-refractivity contribution in [1.29, 1.82) is 0 Å². The van der Waals surface area contributed by atoms with E-state index in [9.17, 15) is 0 Å². The Bertz CT molecular complexity index is 403. The summed E-state index contributed by atoms with van der Waals surface area (Å²) >= 11 is 7.01. The van der Waals surface area contributed by atoms with Crippen molar-refractivity contribution in [2.45, 2.75) is 12.8 Å². The smallest absolute Gasteiger partial charge is 0.0181 e. The molecule has 1 aromatic carbocycles. The van der Waals surface area contributed by atoms with Gasteiger partial charge in [0.25, 0.3) is 0 Å². The van der Waals surface area contributed by atoms with Crippen LogP contribution in [0, 0.1) is 0 Å². The first-order valence-electron chi connectivity index (χ1n) is 4.58. The molecule has 0 nitrogen and oxygen atoms in total. The van der Waals surface area contributed by atoms with Crippen LogP contribution in [0.1, 0.15) is 18.4 Å². The normalized spacial score (nSPS) is 16.1. The highest BCUT2D eigenvalue weighted by Gasteiger charge is 2.06. The van der Waals surface area contributed by atoms with Gasteiger partial charge in [0.05, 0.1) is 0 Å². The monoisotopic (exact) mass is 312 g/mol. The lowest BCUT2D eigenvalue weighted by Crippen LogP contribution is -1.89. The number of hydrogen-bond acceptors (Lipinski definition) is 0. The van der Waals surface area contributed by atoms with Crippen LogP contribution in [-0.4, -0.2) is 0 Å². The predicted molar refractivity (Wildman–Crippen MR) is 68.4 cm³/mol. The van der Waals surface area contributed by atoms with Gasteiger partial charge in [-0.15, -0.1) is 0 Å². The maximum atomic E-state index is 3.52. The van der Waals surface area contributed by atoms with Crippen molar-refractivity contribution in [2.75, 3.05) is 0 Å². The van der Waals surface area contributed by atoms with Crippen LogP contribution in [0.25, 0.3) is 5.57 Å². The molecular formula is C12H10Br2. The number of allylic oxidation sites excluding steroid dienone is 4. The standard InChI is InChI=1S/C12H10Br2/c13-11-5-1-3-9(7-11)10-4-2-6-12(14)8-10/h1,3,5-8H,2,4H2. The third-order valence-corrected chi connectivity index (χ3v) is 3.31. The minimum Gasteiger partial charge on any atom is -0.0699 e. The van der Waals surface area contributed by atoms with Crippen molar-refractivity contribution < 1.29 is 0 Å². The summed E-state index contributed by atoms with van der Waals surface area (Å²) in [6.07, 6.45) is 6.66. The van der Waals surface area contributed by atoms with Gasteiger partial charge in [0.2, 0.25) is 0 Å². The Morgan fingerprint density at radius 2 is 2.00 bits per heavy atom. The third kappa shape index (κ3) is 2.37. The van der Waals surface area contributed by atoms with E-state index in [1.54, 1.807) is 0 Å². The molecule has 0 heterocycles. The highest BCUT2D eigenvalue weighted by molar-refractivity contribution is 9.12. The van der Waals surface area contributed by atoms with E-state index in [2.05, 4.69) is 68.3 Å². The Kier molecular flexibility index (Phi) is 3.24. The second kappa shape index (κ2) is 4.45. The summed E-state index contributed by atoms with van der Waals surface area (Å²) in [6.45, 7) is 0. The minimum absolute atomic E-state index is 1.12. The summed E-state index contributed by atoms with van der Waals surface area (Å²) in [5.74, 6) is 0. The quantitative estimate of drug-likeness (QED) is 0.691. The van der Waals surface area contributed by atoms with Crippen LogP contribution in [0.15, 0.2) is 45.4 Å². The van der Waals surface area contributed by atoms with Gasteiger partial charge in [-0.1, -0.05) is 50.1 Å². The molecule has 0 spiro atoms. The molecule has 72 valence electrons. The van der Waals surface area contributed by atoms with Crippen LogP contribution in [0.3, 0.4) is 0 Å². The zero-order chi connectivity index (χ0) is 9.97. The van der Waals surface area contributed by atoms with Crippen LogP contribution in [-0.2, 0) is 0 Å². The average Bonchev–Trinajstić information content (AvgIpc) is 2.18. The molecular weight excluding hydrogens is 304 g/mol. The van der Waals surface area contributed by atoms with E-state index < -0.39 is 0 Å². The van der Waals surface area contributed by atoms with Gasteiger partial charge in [0.1, 0.15) is 0 Å². The molecule has 0 bridgehead atoms. The molecule has 0 amide bonds. The lowest BCUT2D eigenvalue weighted by molar-refractivity contribution is 1.05. The van der Waals surface area contributed by atoms with Crippen LogP contribution in [0.4, 0.5) is 0 Å². The average molecular weight is 314 g/mol. The number of hydrogen-bond donors (Lipinski definition) is 0. The molecule has 2 rings (SSSR count). The molecule has 0 radical (unpaired) electrons. The van der Waals surface area contributed by atoms with Gasteiger partial charge in [-0.3, -0.25) is 0 Å². The van der Waals surface area contributed by atoms with E-state index in [4.69, 9.17) is 0 Å². The number of rotatable bonds is 1. The molecule has 1 aromatic rings. The lowest BCUT2D eigenvalue weighted by atomic mass is 9.98. The van der Waals surface area contributed by atoms with E-state index in [-0.39, 0.29) is 0 Å². The second-order valence-electron chi connectivity index (χ2n) is 3.31. The Balaban J connectivity index is 2.36. The summed E-state index contributed by atoms with van der Waals surface area (Å²) in [5, 5.41) is 0. The van der Waals surface area contributed by atoms with Crippen LogP contribution in [0.5, 0.6) is 0 Å². The van der Waals surface area contributed by atoms with Crippen molar-refractivity contribution in [3.05, 3.63) is 50.9 Å². The Morgan fingerprint density at radius 1 is 1.14 bits per heavy atom. The fraction of sp³-hybridized carbons (Fsp3) is 0.167. The highest BCUT2D eigenvalue weighted by atomic mass is 79.9. The molecule has 2 heteroatoms. The first-order valence-corrected chi connectivity index (χ1v) is 6.16. The van der Waals surface area contributed by atoms with Crippen molar-refractivity contribution in [3.8, 4) is 0 Å². The summed E-state index contributed by atoms with van der Waals surface area (Å²) in [6, 6.07) is 8.45. The molecule has 0 aromatic heterocycles. The van der Waals surface area contributed by atoms with Gasteiger partial charge in [0.15, 0.2) is 0 Å². The van der Waals surface area contributed by atoms with Gasteiger partial charge in [-0.25, -0.2) is 0 Å². The molecule has 0 unspecified atom stereocenters.